The van der Waals surface area contributed by atoms with Crippen molar-refractivity contribution in [1.29, 1.82) is 0 Å². The molecule has 0 aromatic carbocycles. The Labute approximate surface area is 68.1 Å². The predicted molar refractivity (Wildman–Crippen MR) is 37.6 cm³/mol. The van der Waals surface area contributed by atoms with Gasteiger partial charge in [0.15, 0.2) is 0 Å². The number of furan rings is 1. The number of aryl methyl sites for hydroxylation is 1. The Morgan fingerprint density at radius 2 is 2.17 bits per heavy atom. The molecule has 0 amide bonds. The molecular weight excluding hydrogens is 160 g/mol. The van der Waals surface area contributed by atoms with E-state index in [4.69, 9.17) is 4.42 Å². The summed E-state index contributed by atoms with van der Waals surface area (Å²) < 4.78 is 9.42. The zero-order valence-corrected chi connectivity index (χ0v) is 6.42. The number of rotatable bonds is 0. The Morgan fingerprint density at radius 1 is 1.42 bits per heavy atom. The van der Waals surface area contributed by atoms with Crippen molar-refractivity contribution < 1.29 is 18.7 Å². The zero-order chi connectivity index (χ0) is 8.72. The monoisotopic (exact) mass is 166 g/mol. The van der Waals surface area contributed by atoms with E-state index in [1.54, 1.807) is 6.92 Å². The molecule has 1 aromatic rings. The minimum absolute atomic E-state index is 0.0505. The second-order valence-corrected chi connectivity index (χ2v) is 2.66. The van der Waals surface area contributed by atoms with Crippen LogP contribution in [0.25, 0.3) is 0 Å². The molecule has 2 heterocycles. The topological polar surface area (TPSA) is 56.5 Å². The minimum atomic E-state index is -0.604. The van der Waals surface area contributed by atoms with Crippen LogP contribution in [0.15, 0.2) is 10.7 Å². The molecule has 0 atom stereocenters. The van der Waals surface area contributed by atoms with Crippen LogP contribution in [-0.4, -0.2) is 11.9 Å². The molecule has 0 N–H and O–H groups in total. The summed E-state index contributed by atoms with van der Waals surface area (Å²) in [5.74, 6) is -0.747. The molecule has 0 spiro atoms. The second kappa shape index (κ2) is 2.20. The molecule has 4 heteroatoms. The average molecular weight is 166 g/mol. The third-order valence-electron chi connectivity index (χ3n) is 1.77. The van der Waals surface area contributed by atoms with E-state index in [2.05, 4.69) is 4.74 Å². The van der Waals surface area contributed by atoms with Gasteiger partial charge in [0.05, 0.1) is 6.26 Å². The Hall–Kier alpha value is -1.58. The predicted octanol–water partition coefficient (Wildman–Crippen LogP) is 0.828. The Balaban J connectivity index is 2.57. The molecule has 1 aliphatic heterocycles. The van der Waals surface area contributed by atoms with E-state index in [0.717, 1.165) is 0 Å². The first-order valence-electron chi connectivity index (χ1n) is 3.50. The lowest BCUT2D eigenvalue weighted by Gasteiger charge is -2.08. The Bertz CT molecular complexity index is 361. The lowest BCUT2D eigenvalue weighted by molar-refractivity contribution is -0.138. The quantitative estimate of drug-likeness (QED) is 0.423. The van der Waals surface area contributed by atoms with Gasteiger partial charge in [-0.05, 0) is 6.92 Å². The third-order valence-corrected chi connectivity index (χ3v) is 1.77. The molecule has 0 bridgehead atoms. The molecule has 0 saturated heterocycles. The van der Waals surface area contributed by atoms with Crippen molar-refractivity contribution in [2.45, 2.75) is 13.3 Å². The maximum atomic E-state index is 11.1. The fourth-order valence-corrected chi connectivity index (χ4v) is 1.22. The summed E-state index contributed by atoms with van der Waals surface area (Å²) in [6.07, 6.45) is 1.50. The van der Waals surface area contributed by atoms with Gasteiger partial charge in [-0.2, -0.15) is 0 Å². The molecule has 2 rings (SSSR count). The van der Waals surface area contributed by atoms with Gasteiger partial charge in [-0.25, -0.2) is 4.79 Å². The highest BCUT2D eigenvalue weighted by molar-refractivity contribution is 6.02. The molecule has 0 aliphatic carbocycles. The number of carbonyl (C=O) groups is 2. The van der Waals surface area contributed by atoms with Crippen molar-refractivity contribution >= 4 is 11.9 Å². The number of esters is 2. The molecule has 0 radical (unpaired) electrons. The fourth-order valence-electron chi connectivity index (χ4n) is 1.22. The number of fused-ring (bicyclic) bond motifs is 1. The normalized spacial score (nSPS) is 15.8. The van der Waals surface area contributed by atoms with E-state index in [-0.39, 0.29) is 6.42 Å². The first kappa shape index (κ1) is 7.09. The molecule has 0 fully saturated rings. The number of ether oxygens (including phenoxy) is 1. The highest BCUT2D eigenvalue weighted by Crippen LogP contribution is 2.22. The van der Waals surface area contributed by atoms with E-state index in [0.29, 0.717) is 16.9 Å². The van der Waals surface area contributed by atoms with Crippen LogP contribution >= 0.6 is 0 Å². The first-order valence-corrected chi connectivity index (χ1v) is 3.50. The molecule has 4 nitrogen and oxygen atoms in total. The summed E-state index contributed by atoms with van der Waals surface area (Å²) in [6.45, 7) is 1.74. The summed E-state index contributed by atoms with van der Waals surface area (Å²) >= 11 is 0. The van der Waals surface area contributed by atoms with Crippen molar-refractivity contribution in [2.24, 2.45) is 0 Å². The van der Waals surface area contributed by atoms with E-state index in [1.807, 2.05) is 0 Å². The number of cyclic esters (lactones) is 2. The van der Waals surface area contributed by atoms with Crippen molar-refractivity contribution in [3.8, 4) is 0 Å². The van der Waals surface area contributed by atoms with Crippen LogP contribution in [0.4, 0.5) is 0 Å². The van der Waals surface area contributed by atoms with Gasteiger partial charge >= 0.3 is 11.9 Å². The fraction of sp³-hybridized carbons (Fsp3) is 0.250. The Kier molecular flexibility index (Phi) is 1.30. The second-order valence-electron chi connectivity index (χ2n) is 2.66. The van der Waals surface area contributed by atoms with Gasteiger partial charge in [0.25, 0.3) is 0 Å². The summed E-state index contributed by atoms with van der Waals surface area (Å²) in [5.41, 5.74) is 1.11. The van der Waals surface area contributed by atoms with E-state index >= 15 is 0 Å². The van der Waals surface area contributed by atoms with Crippen molar-refractivity contribution in [1.82, 2.24) is 0 Å². The molecule has 0 saturated carbocycles. The Morgan fingerprint density at radius 3 is 2.92 bits per heavy atom. The van der Waals surface area contributed by atoms with Crippen LogP contribution < -0.4 is 0 Å². The lowest BCUT2D eigenvalue weighted by Crippen LogP contribution is -2.21. The van der Waals surface area contributed by atoms with Gasteiger partial charge in [0.1, 0.15) is 17.7 Å². The van der Waals surface area contributed by atoms with E-state index in [9.17, 15) is 9.59 Å². The van der Waals surface area contributed by atoms with E-state index < -0.39 is 11.9 Å². The van der Waals surface area contributed by atoms with Crippen molar-refractivity contribution in [3.63, 3.8) is 0 Å². The number of hydrogen-bond donors (Lipinski definition) is 0. The summed E-state index contributed by atoms with van der Waals surface area (Å²) in [7, 11) is 0. The van der Waals surface area contributed by atoms with Crippen LogP contribution in [0.5, 0.6) is 0 Å². The summed E-state index contributed by atoms with van der Waals surface area (Å²) in [4.78, 5) is 21.8. The molecule has 0 unspecified atom stereocenters. The van der Waals surface area contributed by atoms with Gasteiger partial charge in [-0.1, -0.05) is 0 Å². The van der Waals surface area contributed by atoms with E-state index in [1.165, 1.54) is 6.26 Å². The van der Waals surface area contributed by atoms with Crippen LogP contribution in [0.1, 0.15) is 21.7 Å². The maximum absolute atomic E-state index is 11.1. The first-order chi connectivity index (χ1) is 5.68. The van der Waals surface area contributed by atoms with Crippen molar-refractivity contribution in [3.05, 3.63) is 23.2 Å². The largest absolute Gasteiger partial charge is 0.468 e. The standard InChI is InChI=1S/C8H6O4/c1-4-3-11-5-2-6(9)12-8(10)7(4)5/h3H,2H2,1H3. The van der Waals surface area contributed by atoms with Gasteiger partial charge < -0.3 is 9.15 Å². The molecule has 62 valence electrons. The SMILES string of the molecule is Cc1coc2c1C(=O)OC(=O)C2. The summed E-state index contributed by atoms with van der Waals surface area (Å²) in [6, 6.07) is 0. The average Bonchev–Trinajstić information content (AvgIpc) is 2.31. The number of hydrogen-bond acceptors (Lipinski definition) is 4. The molecule has 12 heavy (non-hydrogen) atoms. The highest BCUT2D eigenvalue weighted by Gasteiger charge is 2.29. The van der Waals surface area contributed by atoms with Gasteiger partial charge in [-0.15, -0.1) is 0 Å². The van der Waals surface area contributed by atoms with Gasteiger partial charge in [0.2, 0.25) is 0 Å². The number of carbonyl (C=O) groups excluding carboxylic acids is 2. The molecule has 1 aromatic heterocycles. The van der Waals surface area contributed by atoms with Gasteiger partial charge in [0, 0.05) is 5.56 Å². The van der Waals surface area contributed by atoms with Crippen molar-refractivity contribution in [2.75, 3.05) is 0 Å². The maximum Gasteiger partial charge on any atom is 0.349 e. The molecule has 1 aliphatic rings. The lowest BCUT2D eigenvalue weighted by atomic mass is 10.1. The van der Waals surface area contributed by atoms with Crippen LogP contribution in [0.3, 0.4) is 0 Å². The zero-order valence-electron chi connectivity index (χ0n) is 6.42. The van der Waals surface area contributed by atoms with Crippen LogP contribution in [-0.2, 0) is 16.0 Å². The minimum Gasteiger partial charge on any atom is -0.468 e. The van der Waals surface area contributed by atoms with Crippen LogP contribution in [0.2, 0.25) is 0 Å². The highest BCUT2D eigenvalue weighted by atomic mass is 16.6. The van der Waals surface area contributed by atoms with Gasteiger partial charge in [-0.3, -0.25) is 4.79 Å². The smallest absolute Gasteiger partial charge is 0.349 e. The third kappa shape index (κ3) is 0.845. The summed E-state index contributed by atoms with van der Waals surface area (Å²) in [5, 5.41) is 0. The van der Waals surface area contributed by atoms with Crippen LogP contribution in [0, 0.1) is 6.92 Å². The molecular formula is C8H6O4.